The van der Waals surface area contributed by atoms with Crippen LogP contribution in [0.1, 0.15) is 41.0 Å². The van der Waals surface area contributed by atoms with Crippen LogP contribution in [0.5, 0.6) is 0 Å². The van der Waals surface area contributed by atoms with Crippen LogP contribution in [0.4, 0.5) is 0 Å². The third kappa shape index (κ3) is 7.45. The van der Waals surface area contributed by atoms with E-state index in [2.05, 4.69) is 5.32 Å². The lowest BCUT2D eigenvalue weighted by atomic mass is 9.85. The van der Waals surface area contributed by atoms with Crippen LogP contribution >= 0.6 is 0 Å². The van der Waals surface area contributed by atoms with Gasteiger partial charge < -0.3 is 10.2 Å². The Balaban J connectivity index is 5.23. The maximum absolute atomic E-state index is 12.6. The number of hydroxylamine groups is 2. The van der Waals surface area contributed by atoms with E-state index in [4.69, 9.17) is 0 Å². The Hall–Kier alpha value is -1.63. The first-order valence-corrected chi connectivity index (χ1v) is 7.82. The molecule has 0 spiro atoms. The Morgan fingerprint density at radius 2 is 1.74 bits per heavy atom. The summed E-state index contributed by atoms with van der Waals surface area (Å²) in [7, 11) is 3.28. The smallest absolute Gasteiger partial charge is 0.245 e. The molecule has 0 aromatic rings. The van der Waals surface area contributed by atoms with Gasteiger partial charge in [0.05, 0.1) is 12.5 Å². The van der Waals surface area contributed by atoms with E-state index >= 15 is 0 Å². The maximum atomic E-state index is 12.6. The number of amides is 3. The Bertz CT molecular complexity index is 416. The zero-order valence-corrected chi connectivity index (χ0v) is 15.3. The molecule has 7 heteroatoms. The van der Waals surface area contributed by atoms with Gasteiger partial charge in [0, 0.05) is 14.1 Å². The summed E-state index contributed by atoms with van der Waals surface area (Å²) >= 11 is 0. The van der Waals surface area contributed by atoms with Crippen molar-refractivity contribution in [3.05, 3.63) is 0 Å². The fourth-order valence-corrected chi connectivity index (χ4v) is 2.27. The van der Waals surface area contributed by atoms with Gasteiger partial charge in [0.2, 0.25) is 18.2 Å². The molecule has 0 aromatic heterocycles. The van der Waals surface area contributed by atoms with E-state index in [1.54, 1.807) is 14.1 Å². The quantitative estimate of drug-likeness (QED) is 0.397. The van der Waals surface area contributed by atoms with Crippen molar-refractivity contribution in [1.29, 1.82) is 0 Å². The molecule has 0 aliphatic heterocycles. The summed E-state index contributed by atoms with van der Waals surface area (Å²) in [6, 6.07) is -0.678. The predicted octanol–water partition coefficient (Wildman–Crippen LogP) is 1.12. The summed E-state index contributed by atoms with van der Waals surface area (Å²) in [5.74, 6) is -0.895. The number of likely N-dealkylation sites (N-methyl/N-ethyl adjacent to an activating group) is 1. The Labute approximate surface area is 139 Å². The standard InChI is InChI=1S/C16H31N3O4/c1-11(2)8-12(9-19(23)10-20)14(21)17-13(16(3,4)5)15(22)18(6)7/h10-13,23H,8-9H2,1-7H3,(H,17,21)/t12-,13+/m0/s1. The van der Waals surface area contributed by atoms with Crippen molar-refractivity contribution < 1.29 is 19.6 Å². The molecule has 0 saturated heterocycles. The van der Waals surface area contributed by atoms with Crippen molar-refractivity contribution in [2.24, 2.45) is 17.3 Å². The molecule has 0 heterocycles. The van der Waals surface area contributed by atoms with E-state index in [1.807, 2.05) is 34.6 Å². The van der Waals surface area contributed by atoms with Gasteiger partial charge >= 0.3 is 0 Å². The van der Waals surface area contributed by atoms with Gasteiger partial charge in [0.1, 0.15) is 6.04 Å². The van der Waals surface area contributed by atoms with Crippen molar-refractivity contribution in [2.45, 2.75) is 47.1 Å². The summed E-state index contributed by atoms with van der Waals surface area (Å²) in [5.41, 5.74) is -0.455. The van der Waals surface area contributed by atoms with Crippen LogP contribution in [0, 0.1) is 17.3 Å². The molecule has 7 nitrogen and oxygen atoms in total. The molecule has 2 atom stereocenters. The largest absolute Gasteiger partial charge is 0.347 e. The summed E-state index contributed by atoms with van der Waals surface area (Å²) in [6.07, 6.45) is 0.774. The molecule has 0 aromatic carbocycles. The van der Waals surface area contributed by atoms with E-state index in [0.29, 0.717) is 11.5 Å². The number of nitrogens with one attached hydrogen (secondary N) is 1. The topological polar surface area (TPSA) is 90.0 Å². The zero-order chi connectivity index (χ0) is 18.4. The fraction of sp³-hybridized carbons (Fsp3) is 0.812. The van der Waals surface area contributed by atoms with Crippen molar-refractivity contribution in [1.82, 2.24) is 15.3 Å². The van der Waals surface area contributed by atoms with E-state index in [1.165, 1.54) is 4.90 Å². The second-order valence-electron chi connectivity index (χ2n) is 7.59. The SMILES string of the molecule is CC(C)C[C@@H](CN(O)C=O)C(=O)N[C@H](C(=O)N(C)C)C(C)(C)C. The van der Waals surface area contributed by atoms with Crippen molar-refractivity contribution in [2.75, 3.05) is 20.6 Å². The van der Waals surface area contributed by atoms with Crippen LogP contribution in [0.2, 0.25) is 0 Å². The van der Waals surface area contributed by atoms with Crippen LogP contribution in [-0.4, -0.2) is 60.1 Å². The highest BCUT2D eigenvalue weighted by molar-refractivity contribution is 5.89. The molecule has 0 bridgehead atoms. The molecule has 0 unspecified atom stereocenters. The zero-order valence-electron chi connectivity index (χ0n) is 15.3. The average molecular weight is 329 g/mol. The van der Waals surface area contributed by atoms with Gasteiger partial charge in [-0.25, -0.2) is 5.06 Å². The average Bonchev–Trinajstić information content (AvgIpc) is 2.40. The lowest BCUT2D eigenvalue weighted by Crippen LogP contribution is -2.55. The van der Waals surface area contributed by atoms with Crippen LogP contribution in [0.15, 0.2) is 0 Å². The molecule has 0 saturated carbocycles. The van der Waals surface area contributed by atoms with Crippen LogP contribution < -0.4 is 5.32 Å². The molecule has 0 rings (SSSR count). The normalized spacial score (nSPS) is 14.1. The lowest BCUT2D eigenvalue weighted by Gasteiger charge is -2.33. The van der Waals surface area contributed by atoms with Crippen molar-refractivity contribution >= 4 is 18.2 Å². The molecule has 23 heavy (non-hydrogen) atoms. The minimum absolute atomic E-state index is 0.0967. The molecule has 2 N–H and O–H groups in total. The van der Waals surface area contributed by atoms with E-state index < -0.39 is 17.4 Å². The van der Waals surface area contributed by atoms with E-state index in [9.17, 15) is 19.6 Å². The molecular weight excluding hydrogens is 298 g/mol. The van der Waals surface area contributed by atoms with Gasteiger partial charge in [-0.1, -0.05) is 34.6 Å². The Kier molecular flexibility index (Phi) is 8.23. The van der Waals surface area contributed by atoms with Gasteiger partial charge in [-0.05, 0) is 17.8 Å². The second kappa shape index (κ2) is 8.86. The summed E-state index contributed by atoms with van der Waals surface area (Å²) < 4.78 is 0. The third-order valence-electron chi connectivity index (χ3n) is 3.50. The molecule has 134 valence electrons. The van der Waals surface area contributed by atoms with Gasteiger partial charge in [-0.2, -0.15) is 0 Å². The number of nitrogens with zero attached hydrogens (tertiary/aromatic N) is 2. The molecule has 0 aliphatic rings. The molecule has 0 aliphatic carbocycles. The highest BCUT2D eigenvalue weighted by Gasteiger charge is 2.35. The molecular formula is C16H31N3O4. The van der Waals surface area contributed by atoms with E-state index in [0.717, 1.165) is 0 Å². The van der Waals surface area contributed by atoms with Gasteiger partial charge in [0.15, 0.2) is 0 Å². The Morgan fingerprint density at radius 3 is 2.09 bits per heavy atom. The fourth-order valence-electron chi connectivity index (χ4n) is 2.27. The number of rotatable bonds is 8. The summed E-state index contributed by atoms with van der Waals surface area (Å²) in [5, 5.41) is 12.6. The first kappa shape index (κ1) is 21.4. The van der Waals surface area contributed by atoms with Crippen molar-refractivity contribution in [3.8, 4) is 0 Å². The van der Waals surface area contributed by atoms with Crippen LogP contribution in [0.3, 0.4) is 0 Å². The molecule has 0 radical (unpaired) electrons. The van der Waals surface area contributed by atoms with Gasteiger partial charge in [-0.3, -0.25) is 19.6 Å². The third-order valence-corrected chi connectivity index (χ3v) is 3.50. The number of hydrogen-bond donors (Lipinski definition) is 2. The van der Waals surface area contributed by atoms with Crippen molar-refractivity contribution in [3.63, 3.8) is 0 Å². The summed E-state index contributed by atoms with van der Waals surface area (Å²) in [4.78, 5) is 37.0. The minimum atomic E-state index is -0.678. The monoisotopic (exact) mass is 329 g/mol. The predicted molar refractivity (Wildman–Crippen MR) is 87.6 cm³/mol. The first-order valence-electron chi connectivity index (χ1n) is 7.82. The van der Waals surface area contributed by atoms with Crippen LogP contribution in [-0.2, 0) is 14.4 Å². The van der Waals surface area contributed by atoms with Gasteiger partial charge in [-0.15, -0.1) is 0 Å². The number of carbonyl (C=O) groups excluding carboxylic acids is 3. The highest BCUT2D eigenvalue weighted by atomic mass is 16.5. The molecule has 3 amide bonds. The number of hydrogen-bond acceptors (Lipinski definition) is 4. The van der Waals surface area contributed by atoms with Crippen LogP contribution in [0.25, 0.3) is 0 Å². The summed E-state index contributed by atoms with van der Waals surface area (Å²) in [6.45, 7) is 9.44. The van der Waals surface area contributed by atoms with Gasteiger partial charge in [0.25, 0.3) is 0 Å². The minimum Gasteiger partial charge on any atom is -0.347 e. The maximum Gasteiger partial charge on any atom is 0.245 e. The molecule has 0 fully saturated rings. The Morgan fingerprint density at radius 1 is 1.22 bits per heavy atom. The lowest BCUT2D eigenvalue weighted by molar-refractivity contribution is -0.155. The first-order chi connectivity index (χ1) is 10.4. The second-order valence-corrected chi connectivity index (χ2v) is 7.59. The van der Waals surface area contributed by atoms with E-state index in [-0.39, 0.29) is 30.7 Å². The number of carbonyl (C=O) groups is 3. The highest BCUT2D eigenvalue weighted by Crippen LogP contribution is 2.22.